The molecule has 4 rings (SSSR count). The summed E-state index contributed by atoms with van der Waals surface area (Å²) in [6.45, 7) is 4.73. The molecule has 0 saturated carbocycles. The summed E-state index contributed by atoms with van der Waals surface area (Å²) in [5.41, 5.74) is 2.83. The first-order chi connectivity index (χ1) is 15.8. The minimum Gasteiger partial charge on any atom is -0.456 e. The third kappa shape index (κ3) is 4.59. The van der Waals surface area contributed by atoms with Crippen molar-refractivity contribution in [1.82, 2.24) is 4.90 Å². The topological polar surface area (TPSA) is 43.5 Å². The van der Waals surface area contributed by atoms with E-state index in [-0.39, 0.29) is 10.9 Å². The van der Waals surface area contributed by atoms with Crippen LogP contribution >= 0.6 is 0 Å². The lowest BCUT2D eigenvalue weighted by atomic mass is 9.93. The van der Waals surface area contributed by atoms with E-state index >= 15 is 0 Å². The predicted molar refractivity (Wildman–Crippen MR) is 125 cm³/mol. The van der Waals surface area contributed by atoms with Crippen molar-refractivity contribution in [3.63, 3.8) is 0 Å². The molecule has 0 bridgehead atoms. The van der Waals surface area contributed by atoms with Crippen molar-refractivity contribution in [1.29, 1.82) is 5.41 Å². The lowest BCUT2D eigenvalue weighted by Crippen LogP contribution is -2.26. The van der Waals surface area contributed by atoms with Gasteiger partial charge in [0.15, 0.2) is 17.5 Å². The molecule has 0 spiro atoms. The molecular weight excluding hydrogens is 427 g/mol. The van der Waals surface area contributed by atoms with Gasteiger partial charge in [0.2, 0.25) is 0 Å². The maximum absolute atomic E-state index is 14.1. The summed E-state index contributed by atoms with van der Waals surface area (Å²) in [5.74, 6) is -3.58. The van der Waals surface area contributed by atoms with Crippen LogP contribution in [0.1, 0.15) is 13.3 Å². The molecule has 0 radical (unpaired) electrons. The van der Waals surface area contributed by atoms with Crippen LogP contribution < -0.4 is 10.3 Å². The second kappa shape index (κ2) is 9.27. The van der Waals surface area contributed by atoms with Crippen LogP contribution in [0, 0.1) is 22.9 Å². The Morgan fingerprint density at radius 2 is 1.64 bits per heavy atom. The molecule has 33 heavy (non-hydrogen) atoms. The van der Waals surface area contributed by atoms with Gasteiger partial charge in [0.1, 0.15) is 11.3 Å². The zero-order chi connectivity index (χ0) is 23.7. The van der Waals surface area contributed by atoms with Crippen LogP contribution in [0.5, 0.6) is 0 Å². The van der Waals surface area contributed by atoms with Gasteiger partial charge in [-0.1, -0.05) is 0 Å². The first kappa shape index (κ1) is 22.9. The summed E-state index contributed by atoms with van der Waals surface area (Å²) in [7, 11) is 4.08. The summed E-state index contributed by atoms with van der Waals surface area (Å²) in [6, 6.07) is 12.6. The normalized spacial score (nSPS) is 11.6. The van der Waals surface area contributed by atoms with Gasteiger partial charge in [-0.25, -0.2) is 13.2 Å². The second-order valence-electron chi connectivity index (χ2n) is 8.36. The molecule has 0 atom stereocenters. The van der Waals surface area contributed by atoms with Gasteiger partial charge in [-0.2, -0.15) is 0 Å². The molecular formula is C26H26F3N3O. The zero-order valence-corrected chi connectivity index (χ0v) is 18.9. The van der Waals surface area contributed by atoms with Crippen LogP contribution in [0.3, 0.4) is 0 Å². The molecule has 0 unspecified atom stereocenters. The number of nitrogens with one attached hydrogen (secondary N) is 1. The number of nitrogens with zero attached hydrogens (tertiary/aromatic N) is 2. The Balaban J connectivity index is 1.90. The Bertz CT molecular complexity index is 1310. The molecule has 0 amide bonds. The molecule has 7 heteroatoms. The maximum Gasteiger partial charge on any atom is 0.194 e. The molecule has 2 aromatic carbocycles. The Morgan fingerprint density at radius 1 is 0.909 bits per heavy atom. The summed E-state index contributed by atoms with van der Waals surface area (Å²) in [5, 5.41) is 8.87. The Labute approximate surface area is 190 Å². The van der Waals surface area contributed by atoms with Crippen LogP contribution in [0.15, 0.2) is 52.9 Å². The van der Waals surface area contributed by atoms with Crippen LogP contribution in [-0.4, -0.2) is 38.6 Å². The van der Waals surface area contributed by atoms with Crippen LogP contribution in [0.25, 0.3) is 33.4 Å². The maximum atomic E-state index is 14.1. The third-order valence-electron chi connectivity index (χ3n) is 5.76. The molecule has 2 aliphatic rings. The first-order valence-corrected chi connectivity index (χ1v) is 10.9. The molecule has 4 nitrogen and oxygen atoms in total. The highest BCUT2D eigenvalue weighted by Gasteiger charge is 2.21. The van der Waals surface area contributed by atoms with Crippen LogP contribution in [0.4, 0.5) is 18.9 Å². The van der Waals surface area contributed by atoms with Gasteiger partial charge in [0.25, 0.3) is 0 Å². The highest BCUT2D eigenvalue weighted by molar-refractivity contribution is 6.02. The molecule has 1 aliphatic carbocycles. The molecule has 1 heterocycles. The highest BCUT2D eigenvalue weighted by atomic mass is 19.2. The summed E-state index contributed by atoms with van der Waals surface area (Å²) >= 11 is 0. The molecule has 0 fully saturated rings. The minimum absolute atomic E-state index is 0.209. The molecule has 0 aromatic heterocycles. The number of fused-ring (bicyclic) bond motifs is 2. The van der Waals surface area contributed by atoms with E-state index < -0.39 is 17.5 Å². The van der Waals surface area contributed by atoms with Crippen molar-refractivity contribution >= 4 is 16.7 Å². The number of hydrogen-bond acceptors (Lipinski definition) is 4. The van der Waals surface area contributed by atoms with E-state index in [1.54, 1.807) is 18.2 Å². The van der Waals surface area contributed by atoms with Gasteiger partial charge in [-0.3, -0.25) is 0 Å². The fraction of sp³-hybridized carbons (Fsp3) is 0.269. The van der Waals surface area contributed by atoms with Crippen molar-refractivity contribution in [2.75, 3.05) is 38.6 Å². The Hall–Kier alpha value is -3.32. The second-order valence-corrected chi connectivity index (χ2v) is 8.36. The van der Waals surface area contributed by atoms with Crippen molar-refractivity contribution < 1.29 is 17.6 Å². The van der Waals surface area contributed by atoms with Crippen molar-refractivity contribution in [2.24, 2.45) is 0 Å². The standard InChI is InChI=1S/C26H26F3N3O/c1-4-32(11-5-10-31(2)3)18-7-9-20-24(15-18)33-23-14-17(30)6-8-19(23)25(20)16-12-21(27)26(29)22(28)13-16/h6-9,12-15,30H,4-5,10-11H2,1-3H3. The van der Waals surface area contributed by atoms with Gasteiger partial charge in [0.05, 0.1) is 5.36 Å². The van der Waals surface area contributed by atoms with E-state index in [0.29, 0.717) is 27.9 Å². The number of rotatable bonds is 7. The minimum atomic E-state index is -1.50. The fourth-order valence-electron chi connectivity index (χ4n) is 4.13. The van der Waals surface area contributed by atoms with E-state index in [2.05, 4.69) is 16.7 Å². The monoisotopic (exact) mass is 453 g/mol. The van der Waals surface area contributed by atoms with E-state index in [9.17, 15) is 13.2 Å². The smallest absolute Gasteiger partial charge is 0.194 e. The summed E-state index contributed by atoms with van der Waals surface area (Å²) in [4.78, 5) is 4.38. The summed E-state index contributed by atoms with van der Waals surface area (Å²) < 4.78 is 48.0. The largest absolute Gasteiger partial charge is 0.456 e. The van der Waals surface area contributed by atoms with Crippen molar-refractivity contribution in [3.8, 4) is 22.5 Å². The lowest BCUT2D eigenvalue weighted by Gasteiger charge is -2.25. The number of halogens is 3. The predicted octanol–water partition coefficient (Wildman–Crippen LogP) is 5.88. The lowest BCUT2D eigenvalue weighted by molar-refractivity contribution is 0.400. The Morgan fingerprint density at radius 3 is 2.30 bits per heavy atom. The Kier molecular flexibility index (Phi) is 6.42. The van der Waals surface area contributed by atoms with E-state index in [4.69, 9.17) is 9.83 Å². The number of benzene rings is 3. The molecule has 2 aromatic rings. The number of hydrogen-bond donors (Lipinski definition) is 1. The van der Waals surface area contributed by atoms with Crippen LogP contribution in [0.2, 0.25) is 0 Å². The van der Waals surface area contributed by atoms with Gasteiger partial charge in [-0.15, -0.1) is 0 Å². The van der Waals surface area contributed by atoms with Crippen LogP contribution in [-0.2, 0) is 0 Å². The van der Waals surface area contributed by atoms with Crippen molar-refractivity contribution in [3.05, 3.63) is 71.3 Å². The molecule has 0 saturated heterocycles. The molecule has 1 aliphatic heterocycles. The van der Waals surface area contributed by atoms with Gasteiger partial charge in [0, 0.05) is 47.4 Å². The van der Waals surface area contributed by atoms with Crippen molar-refractivity contribution in [2.45, 2.75) is 13.3 Å². The molecule has 1 N–H and O–H groups in total. The molecule has 172 valence electrons. The quantitative estimate of drug-likeness (QED) is 0.281. The van der Waals surface area contributed by atoms with Gasteiger partial charge < -0.3 is 19.6 Å². The van der Waals surface area contributed by atoms with Gasteiger partial charge >= 0.3 is 0 Å². The van der Waals surface area contributed by atoms with E-state index in [1.165, 1.54) is 0 Å². The average Bonchev–Trinajstić information content (AvgIpc) is 2.77. The van der Waals surface area contributed by atoms with Gasteiger partial charge in [-0.05, 0) is 75.9 Å². The number of anilines is 1. The SMILES string of the molecule is CCN(CCCN(C)C)c1ccc2c(-c3cc(F)c(F)c(F)c3)c3ccc(=N)cc-3oc2c1. The first-order valence-electron chi connectivity index (χ1n) is 10.9. The summed E-state index contributed by atoms with van der Waals surface area (Å²) in [6.07, 6.45) is 0.995. The average molecular weight is 454 g/mol. The zero-order valence-electron chi connectivity index (χ0n) is 18.9. The van der Waals surface area contributed by atoms with E-state index in [1.807, 2.05) is 32.3 Å². The fourth-order valence-corrected chi connectivity index (χ4v) is 4.13. The third-order valence-corrected chi connectivity index (χ3v) is 5.76. The highest BCUT2D eigenvalue weighted by Crippen LogP contribution is 2.41. The van der Waals surface area contributed by atoms with E-state index in [0.717, 1.165) is 43.9 Å².